The minimum atomic E-state index is -3.07. The number of piperazine rings is 1. The van der Waals surface area contributed by atoms with Crippen LogP contribution < -0.4 is 10.2 Å². The fourth-order valence-electron chi connectivity index (χ4n) is 2.30. The molecule has 2 heterocycles. The highest BCUT2D eigenvalue weighted by Crippen LogP contribution is 2.25. The predicted octanol–water partition coefficient (Wildman–Crippen LogP) is 1.29. The van der Waals surface area contributed by atoms with E-state index in [0.29, 0.717) is 26.2 Å². The number of nitrogens with zero attached hydrogens (tertiary/aromatic N) is 3. The zero-order valence-corrected chi connectivity index (χ0v) is 14.5. The van der Waals surface area contributed by atoms with Gasteiger partial charge in [0.1, 0.15) is 0 Å². The Bertz CT molecular complexity index is 550. The largest absolute Gasteiger partial charge is 0.345 e. The predicted molar refractivity (Wildman–Crippen MR) is 87.5 cm³/mol. The van der Waals surface area contributed by atoms with Gasteiger partial charge in [0.25, 0.3) is 0 Å². The highest BCUT2D eigenvalue weighted by atomic mass is 32.2. The zero-order chi connectivity index (χ0) is 15.5. The second-order valence-corrected chi connectivity index (χ2v) is 8.20. The number of aromatic nitrogens is 1. The first-order chi connectivity index (χ1) is 9.91. The van der Waals surface area contributed by atoms with Crippen LogP contribution in [0.5, 0.6) is 0 Å². The highest BCUT2D eigenvalue weighted by molar-refractivity contribution is 7.88. The lowest BCUT2D eigenvalue weighted by Crippen LogP contribution is -2.48. The smallest absolute Gasteiger partial charge is 0.211 e. The normalized spacial score (nSPS) is 18.9. The lowest BCUT2D eigenvalue weighted by atomic mass is 10.2. The Labute approximate surface area is 131 Å². The van der Waals surface area contributed by atoms with Crippen molar-refractivity contribution in [2.24, 2.45) is 0 Å². The first-order valence-corrected chi connectivity index (χ1v) is 10.0. The van der Waals surface area contributed by atoms with Crippen LogP contribution in [0.25, 0.3) is 0 Å². The molecule has 1 aromatic rings. The van der Waals surface area contributed by atoms with E-state index in [1.54, 1.807) is 11.3 Å². The minimum Gasteiger partial charge on any atom is -0.345 e. The average Bonchev–Trinajstić information content (AvgIpc) is 2.94. The van der Waals surface area contributed by atoms with Crippen LogP contribution in [0.15, 0.2) is 5.38 Å². The van der Waals surface area contributed by atoms with E-state index in [9.17, 15) is 8.42 Å². The quantitative estimate of drug-likeness (QED) is 0.850. The molecule has 1 aliphatic heterocycles. The summed E-state index contributed by atoms with van der Waals surface area (Å²) >= 11 is 1.63. The van der Waals surface area contributed by atoms with Crippen LogP contribution in [-0.2, 0) is 10.0 Å². The molecular weight excluding hydrogens is 308 g/mol. The standard InChI is InChI=1S/C13H24N4O2S2/c1-4-5-14-11(2)12-10-20-13(15-12)16-6-8-17(9-7-16)21(3,18)19/h10-11,14H,4-9H2,1-3H3. The average molecular weight is 332 g/mol. The molecular formula is C13H24N4O2S2. The van der Waals surface area contributed by atoms with Gasteiger partial charge in [-0.15, -0.1) is 11.3 Å². The number of rotatable bonds is 6. The van der Waals surface area contributed by atoms with Crippen LogP contribution in [-0.4, -0.2) is 56.7 Å². The fourth-order valence-corrected chi connectivity index (χ4v) is 4.10. The molecule has 1 N–H and O–H groups in total. The number of anilines is 1. The minimum absolute atomic E-state index is 0.257. The Kier molecular flexibility index (Phi) is 5.59. The molecule has 8 heteroatoms. The van der Waals surface area contributed by atoms with Gasteiger partial charge in [0.2, 0.25) is 10.0 Å². The molecule has 0 saturated carbocycles. The van der Waals surface area contributed by atoms with Crippen molar-refractivity contribution in [2.75, 3.05) is 43.9 Å². The summed E-state index contributed by atoms with van der Waals surface area (Å²) in [6.45, 7) is 7.74. The summed E-state index contributed by atoms with van der Waals surface area (Å²) in [5, 5.41) is 6.51. The number of thiazole rings is 1. The monoisotopic (exact) mass is 332 g/mol. The molecule has 0 radical (unpaired) electrons. The molecule has 1 aliphatic rings. The molecule has 0 aromatic carbocycles. The molecule has 21 heavy (non-hydrogen) atoms. The topological polar surface area (TPSA) is 65.5 Å². The molecule has 6 nitrogen and oxygen atoms in total. The van der Waals surface area contributed by atoms with E-state index in [4.69, 9.17) is 0 Å². The van der Waals surface area contributed by atoms with E-state index in [1.165, 1.54) is 10.6 Å². The molecule has 2 rings (SSSR count). The van der Waals surface area contributed by atoms with Crippen molar-refractivity contribution in [1.29, 1.82) is 0 Å². The Morgan fingerprint density at radius 2 is 2.05 bits per heavy atom. The second kappa shape index (κ2) is 7.04. The Balaban J connectivity index is 1.94. The lowest BCUT2D eigenvalue weighted by Gasteiger charge is -2.33. The first-order valence-electron chi connectivity index (χ1n) is 7.30. The zero-order valence-electron chi connectivity index (χ0n) is 12.9. The molecule has 1 aromatic heterocycles. The number of hydrogen-bond donors (Lipinski definition) is 1. The number of sulfonamides is 1. The van der Waals surface area contributed by atoms with Gasteiger partial charge in [0, 0.05) is 37.6 Å². The van der Waals surface area contributed by atoms with Crippen molar-refractivity contribution < 1.29 is 8.42 Å². The van der Waals surface area contributed by atoms with E-state index in [1.807, 2.05) is 0 Å². The van der Waals surface area contributed by atoms with Crippen molar-refractivity contribution >= 4 is 26.5 Å². The van der Waals surface area contributed by atoms with Crippen LogP contribution in [0.1, 0.15) is 32.0 Å². The van der Waals surface area contributed by atoms with Gasteiger partial charge in [-0.3, -0.25) is 0 Å². The van der Waals surface area contributed by atoms with Gasteiger partial charge in [-0.1, -0.05) is 6.92 Å². The van der Waals surface area contributed by atoms with Crippen molar-refractivity contribution in [3.8, 4) is 0 Å². The number of nitrogens with one attached hydrogen (secondary N) is 1. The van der Waals surface area contributed by atoms with Crippen LogP contribution >= 0.6 is 11.3 Å². The highest BCUT2D eigenvalue weighted by Gasteiger charge is 2.25. The lowest BCUT2D eigenvalue weighted by molar-refractivity contribution is 0.387. The summed E-state index contributed by atoms with van der Waals surface area (Å²) < 4.78 is 24.6. The van der Waals surface area contributed by atoms with Crippen molar-refractivity contribution in [2.45, 2.75) is 26.3 Å². The summed E-state index contributed by atoms with van der Waals surface area (Å²) in [4.78, 5) is 6.86. The maximum absolute atomic E-state index is 11.5. The third-order valence-electron chi connectivity index (χ3n) is 3.63. The van der Waals surface area contributed by atoms with E-state index in [0.717, 1.165) is 23.8 Å². The first kappa shape index (κ1) is 16.7. The van der Waals surface area contributed by atoms with Crippen LogP contribution in [0.2, 0.25) is 0 Å². The molecule has 0 bridgehead atoms. The van der Waals surface area contributed by atoms with Gasteiger partial charge in [-0.25, -0.2) is 13.4 Å². The van der Waals surface area contributed by atoms with Gasteiger partial charge in [0.15, 0.2) is 5.13 Å². The Morgan fingerprint density at radius 3 is 2.62 bits per heavy atom. The number of hydrogen-bond acceptors (Lipinski definition) is 6. The van der Waals surface area contributed by atoms with E-state index in [2.05, 4.69) is 34.4 Å². The summed E-state index contributed by atoms with van der Waals surface area (Å²) in [6.07, 6.45) is 2.38. The molecule has 1 atom stereocenters. The third-order valence-corrected chi connectivity index (χ3v) is 5.86. The molecule has 0 amide bonds. The summed E-state index contributed by atoms with van der Waals surface area (Å²) in [7, 11) is -3.07. The molecule has 120 valence electrons. The summed E-state index contributed by atoms with van der Waals surface area (Å²) in [5.41, 5.74) is 1.06. The third kappa shape index (κ3) is 4.38. The van der Waals surface area contributed by atoms with Crippen LogP contribution in [0.3, 0.4) is 0 Å². The van der Waals surface area contributed by atoms with Gasteiger partial charge < -0.3 is 10.2 Å². The van der Waals surface area contributed by atoms with Crippen LogP contribution in [0.4, 0.5) is 5.13 Å². The van der Waals surface area contributed by atoms with E-state index in [-0.39, 0.29) is 6.04 Å². The van der Waals surface area contributed by atoms with Crippen molar-refractivity contribution in [3.63, 3.8) is 0 Å². The summed E-state index contributed by atoms with van der Waals surface area (Å²) in [5.74, 6) is 0. The van der Waals surface area contributed by atoms with Crippen LogP contribution in [0, 0.1) is 0 Å². The van der Waals surface area contributed by atoms with Gasteiger partial charge >= 0.3 is 0 Å². The van der Waals surface area contributed by atoms with Gasteiger partial charge in [0.05, 0.1) is 11.9 Å². The maximum atomic E-state index is 11.5. The summed E-state index contributed by atoms with van der Waals surface area (Å²) in [6, 6.07) is 0.257. The van der Waals surface area contributed by atoms with Gasteiger partial charge in [-0.05, 0) is 19.9 Å². The van der Waals surface area contributed by atoms with Crippen molar-refractivity contribution in [3.05, 3.63) is 11.1 Å². The van der Waals surface area contributed by atoms with E-state index >= 15 is 0 Å². The maximum Gasteiger partial charge on any atom is 0.211 e. The fraction of sp³-hybridized carbons (Fsp3) is 0.769. The van der Waals surface area contributed by atoms with Gasteiger partial charge in [-0.2, -0.15) is 4.31 Å². The molecule has 1 saturated heterocycles. The molecule has 0 aliphatic carbocycles. The Morgan fingerprint density at radius 1 is 1.38 bits per heavy atom. The molecule has 0 spiro atoms. The van der Waals surface area contributed by atoms with E-state index < -0.39 is 10.0 Å². The SMILES string of the molecule is CCCNC(C)c1csc(N2CCN(S(C)(=O)=O)CC2)n1. The Hall–Kier alpha value is -0.700. The molecule has 1 unspecified atom stereocenters. The second-order valence-electron chi connectivity index (χ2n) is 5.38. The van der Waals surface area contributed by atoms with Crippen molar-refractivity contribution in [1.82, 2.24) is 14.6 Å². The molecule has 1 fully saturated rings.